The van der Waals surface area contributed by atoms with Crippen LogP contribution in [0.4, 0.5) is 5.69 Å². The Kier molecular flexibility index (Phi) is 9.35. The molecule has 2 N–H and O–H groups in total. The number of nitrogens with zero attached hydrogens (tertiary/aromatic N) is 3. The molecule has 9 nitrogen and oxygen atoms in total. The Morgan fingerprint density at radius 3 is 2.43 bits per heavy atom. The summed E-state index contributed by atoms with van der Waals surface area (Å²) in [6.07, 6.45) is 2.77. The van der Waals surface area contributed by atoms with Gasteiger partial charge in [0.25, 0.3) is 11.5 Å². The highest BCUT2D eigenvalue weighted by atomic mass is 16.5. The molecule has 0 aliphatic carbocycles. The summed E-state index contributed by atoms with van der Waals surface area (Å²) in [5.41, 5.74) is 6.84. The van der Waals surface area contributed by atoms with Gasteiger partial charge < -0.3 is 29.6 Å². The van der Waals surface area contributed by atoms with Crippen LogP contribution < -0.4 is 20.5 Å². The lowest BCUT2D eigenvalue weighted by Gasteiger charge is -2.36. The second-order valence-electron chi connectivity index (χ2n) is 12.5. The van der Waals surface area contributed by atoms with Gasteiger partial charge >= 0.3 is 0 Å². The minimum atomic E-state index is -0.247. The summed E-state index contributed by atoms with van der Waals surface area (Å²) < 4.78 is 12.0. The van der Waals surface area contributed by atoms with Crippen molar-refractivity contribution < 1.29 is 14.3 Å². The molecular weight excluding hydrogens is 554 g/mol. The van der Waals surface area contributed by atoms with Gasteiger partial charge in [0, 0.05) is 76.3 Å². The molecule has 0 unspecified atom stereocenters. The normalized spacial score (nSPS) is 18.4. The number of nitrogens with one attached hydrogen (secondary N) is 2. The number of aromatic nitrogens is 1. The Hall–Kier alpha value is -3.66. The van der Waals surface area contributed by atoms with Gasteiger partial charge in [0.15, 0.2) is 5.75 Å². The Morgan fingerprint density at radius 2 is 1.70 bits per heavy atom. The number of benzene rings is 2. The van der Waals surface area contributed by atoms with Crippen LogP contribution in [0.1, 0.15) is 52.0 Å². The number of H-pyrrole nitrogens is 1. The van der Waals surface area contributed by atoms with Gasteiger partial charge in [0.1, 0.15) is 0 Å². The van der Waals surface area contributed by atoms with Crippen molar-refractivity contribution in [1.82, 2.24) is 20.1 Å². The minimum Gasteiger partial charge on any atom is -0.490 e. The number of hydrogen-bond donors (Lipinski definition) is 2. The molecule has 0 bridgehead atoms. The van der Waals surface area contributed by atoms with Crippen LogP contribution in [0.2, 0.25) is 0 Å². The molecule has 3 aliphatic heterocycles. The van der Waals surface area contributed by atoms with Crippen molar-refractivity contribution in [3.05, 3.63) is 80.8 Å². The van der Waals surface area contributed by atoms with Crippen LogP contribution in [0, 0.1) is 13.8 Å². The van der Waals surface area contributed by atoms with Gasteiger partial charge in [-0.15, -0.1) is 0 Å². The Bertz CT molecular complexity index is 1520. The van der Waals surface area contributed by atoms with Crippen molar-refractivity contribution in [2.45, 2.75) is 52.2 Å². The molecule has 3 aromatic rings. The van der Waals surface area contributed by atoms with Gasteiger partial charge in [-0.1, -0.05) is 24.3 Å². The van der Waals surface area contributed by atoms with E-state index in [0.717, 1.165) is 99.8 Å². The fraction of sp³-hybridized carbons (Fsp3) is 0.486. The smallest absolute Gasteiger partial charge is 0.255 e. The van der Waals surface area contributed by atoms with Crippen LogP contribution in [0.5, 0.6) is 5.75 Å². The van der Waals surface area contributed by atoms with Crippen LogP contribution in [0.3, 0.4) is 0 Å². The van der Waals surface area contributed by atoms with Gasteiger partial charge in [-0.05, 0) is 80.6 Å². The molecule has 0 atom stereocenters. The maximum atomic E-state index is 13.9. The third kappa shape index (κ3) is 6.85. The summed E-state index contributed by atoms with van der Waals surface area (Å²) in [5.74, 6) is 0.374. The van der Waals surface area contributed by atoms with E-state index in [1.54, 1.807) is 0 Å². The number of likely N-dealkylation sites (N-methyl/N-ethyl adjacent to an activating group) is 1. The average molecular weight is 600 g/mol. The number of aromatic amines is 1. The van der Waals surface area contributed by atoms with Crippen molar-refractivity contribution >= 4 is 11.6 Å². The number of piperazine rings is 1. The second-order valence-corrected chi connectivity index (χ2v) is 12.5. The van der Waals surface area contributed by atoms with Crippen LogP contribution in [0.25, 0.3) is 11.1 Å². The zero-order valence-electron chi connectivity index (χ0n) is 26.3. The first kappa shape index (κ1) is 30.4. The number of fused-ring (bicyclic) bond motifs is 1. The molecule has 234 valence electrons. The quantitative estimate of drug-likeness (QED) is 0.423. The van der Waals surface area contributed by atoms with Gasteiger partial charge in [0.2, 0.25) is 0 Å². The summed E-state index contributed by atoms with van der Waals surface area (Å²) in [6.45, 7) is 12.1. The molecule has 0 radical (unpaired) electrons. The van der Waals surface area contributed by atoms with E-state index in [9.17, 15) is 9.59 Å². The summed E-state index contributed by atoms with van der Waals surface area (Å²) >= 11 is 0. The van der Waals surface area contributed by atoms with Crippen LogP contribution in [-0.2, 0) is 17.8 Å². The maximum absolute atomic E-state index is 13.9. The molecule has 0 spiro atoms. The fourth-order valence-electron chi connectivity index (χ4n) is 6.65. The maximum Gasteiger partial charge on any atom is 0.255 e. The molecule has 2 fully saturated rings. The third-order valence-electron chi connectivity index (χ3n) is 9.25. The summed E-state index contributed by atoms with van der Waals surface area (Å²) in [5, 5.41) is 3.03. The first-order valence-electron chi connectivity index (χ1n) is 16.0. The van der Waals surface area contributed by atoms with Gasteiger partial charge in [0.05, 0.1) is 17.9 Å². The largest absolute Gasteiger partial charge is 0.490 e. The molecule has 2 saturated heterocycles. The highest BCUT2D eigenvalue weighted by Gasteiger charge is 2.30. The van der Waals surface area contributed by atoms with E-state index in [1.807, 2.05) is 26.0 Å². The lowest BCUT2D eigenvalue weighted by molar-refractivity contribution is 0.0844. The number of ether oxygens (including phenoxy) is 2. The molecule has 6 rings (SSSR count). The third-order valence-corrected chi connectivity index (χ3v) is 9.25. The summed E-state index contributed by atoms with van der Waals surface area (Å²) in [4.78, 5) is 36.7. The molecular formula is C35H45N5O4. The monoisotopic (exact) mass is 599 g/mol. The number of anilines is 1. The number of rotatable bonds is 7. The zero-order valence-corrected chi connectivity index (χ0v) is 26.3. The first-order valence-corrected chi connectivity index (χ1v) is 16.0. The van der Waals surface area contributed by atoms with E-state index in [-0.39, 0.29) is 18.0 Å². The highest BCUT2D eigenvalue weighted by molar-refractivity contribution is 6.00. The topological polar surface area (TPSA) is 90.1 Å². The zero-order chi connectivity index (χ0) is 30.6. The Balaban J connectivity index is 1.32. The fourth-order valence-corrected chi connectivity index (χ4v) is 6.65. The molecule has 3 aliphatic rings. The SMILES string of the molecule is Cc1cc(C)c(CNC(=O)c2cc(-c3ccc(CN4CCN(C)CC4)cc3)cc3c2OCCCN3C2CCOCC2)c(=O)[nH]1. The van der Waals surface area contributed by atoms with Crippen molar-refractivity contribution in [2.24, 2.45) is 0 Å². The van der Waals surface area contributed by atoms with Crippen LogP contribution in [0.15, 0.2) is 47.3 Å². The lowest BCUT2D eigenvalue weighted by Crippen LogP contribution is -2.43. The van der Waals surface area contributed by atoms with Crippen molar-refractivity contribution in [1.29, 1.82) is 0 Å². The number of pyridine rings is 1. The molecule has 4 heterocycles. The van der Waals surface area contributed by atoms with E-state index in [1.165, 1.54) is 5.56 Å². The van der Waals surface area contributed by atoms with E-state index >= 15 is 0 Å². The number of carbonyl (C=O) groups excluding carboxylic acids is 1. The first-order chi connectivity index (χ1) is 21.4. The van der Waals surface area contributed by atoms with E-state index < -0.39 is 0 Å². The molecule has 2 aromatic carbocycles. The van der Waals surface area contributed by atoms with E-state index in [0.29, 0.717) is 29.5 Å². The van der Waals surface area contributed by atoms with Crippen LogP contribution in [-0.4, -0.2) is 86.3 Å². The van der Waals surface area contributed by atoms with Crippen LogP contribution >= 0.6 is 0 Å². The number of carbonyl (C=O) groups is 1. The molecule has 1 aromatic heterocycles. The number of amides is 1. The van der Waals surface area contributed by atoms with E-state index in [2.05, 4.69) is 62.4 Å². The molecule has 1 amide bonds. The highest BCUT2D eigenvalue weighted by Crippen LogP contribution is 2.41. The number of hydrogen-bond acceptors (Lipinski definition) is 7. The molecule has 9 heteroatoms. The lowest BCUT2D eigenvalue weighted by atomic mass is 9.97. The van der Waals surface area contributed by atoms with Gasteiger partial charge in [-0.25, -0.2) is 0 Å². The van der Waals surface area contributed by atoms with Crippen molar-refractivity contribution in [3.8, 4) is 16.9 Å². The minimum absolute atomic E-state index is 0.143. The van der Waals surface area contributed by atoms with Gasteiger partial charge in [-0.2, -0.15) is 0 Å². The van der Waals surface area contributed by atoms with E-state index in [4.69, 9.17) is 9.47 Å². The summed E-state index contributed by atoms with van der Waals surface area (Å²) in [7, 11) is 2.18. The standard InChI is InChI=1S/C35H45N5O4/c1-24-19-25(2)37-35(42)31(24)22-36-34(41)30-20-28(27-7-5-26(6-8-27)23-39-14-12-38(3)13-15-39)21-32-33(30)44-16-4-11-40(32)29-9-17-43-18-10-29/h5-8,19-21,29H,4,9-18,22-23H2,1-3H3,(H,36,41)(H,37,42). The Labute approximate surface area is 260 Å². The van der Waals surface area contributed by atoms with Gasteiger partial charge in [-0.3, -0.25) is 14.5 Å². The van der Waals surface area contributed by atoms with Crippen molar-refractivity contribution in [3.63, 3.8) is 0 Å². The predicted octanol–water partition coefficient (Wildman–Crippen LogP) is 4.10. The molecule has 44 heavy (non-hydrogen) atoms. The Morgan fingerprint density at radius 1 is 0.955 bits per heavy atom. The number of aryl methyl sites for hydroxylation is 2. The predicted molar refractivity (Wildman–Crippen MR) is 174 cm³/mol. The summed E-state index contributed by atoms with van der Waals surface area (Å²) in [6, 6.07) is 15.1. The molecule has 0 saturated carbocycles. The van der Waals surface area contributed by atoms with Crippen molar-refractivity contribution in [2.75, 3.05) is 64.5 Å². The second kappa shape index (κ2) is 13.5. The average Bonchev–Trinajstić information content (AvgIpc) is 3.24.